The molecular formula is C15H20FN3O4S. The molecule has 1 aromatic rings. The number of benzene rings is 1. The second-order valence-corrected chi connectivity index (χ2v) is 7.37. The third-order valence-corrected chi connectivity index (χ3v) is 5.37. The molecule has 0 spiro atoms. The van der Waals surface area contributed by atoms with E-state index in [1.54, 1.807) is 4.90 Å². The summed E-state index contributed by atoms with van der Waals surface area (Å²) in [7, 11) is -3.92. The van der Waals surface area contributed by atoms with Crippen LogP contribution in [0.2, 0.25) is 0 Å². The number of likely N-dealkylation sites (tertiary alicyclic amines) is 1. The van der Waals surface area contributed by atoms with Crippen LogP contribution in [0.5, 0.6) is 0 Å². The van der Waals surface area contributed by atoms with Crippen LogP contribution in [0.25, 0.3) is 0 Å². The van der Waals surface area contributed by atoms with E-state index < -0.39 is 28.3 Å². The average Bonchev–Trinajstić information content (AvgIpc) is 2.84. The molecule has 1 fully saturated rings. The molecular weight excluding hydrogens is 337 g/mol. The Morgan fingerprint density at radius 1 is 1.42 bits per heavy atom. The fraction of sp³-hybridized carbons (Fsp3) is 0.467. The molecule has 2 rings (SSSR count). The normalized spacial score (nSPS) is 18.0. The average molecular weight is 357 g/mol. The topological polar surface area (TPSA) is 95.6 Å². The highest BCUT2D eigenvalue weighted by molar-refractivity contribution is 7.89. The van der Waals surface area contributed by atoms with Gasteiger partial charge in [0.2, 0.25) is 21.8 Å². The smallest absolute Gasteiger partial charge is 0.241 e. The molecule has 7 nitrogen and oxygen atoms in total. The highest BCUT2D eigenvalue weighted by Crippen LogP contribution is 2.15. The molecule has 0 bridgehead atoms. The van der Waals surface area contributed by atoms with E-state index >= 15 is 0 Å². The standard InChI is InChI=1S/C15H20FN3O4S/c1-3-19-9-12(7-15(19)21)18-14(20)8-17-24(22,23)13-5-4-11(16)6-10(13)2/h4-6,12,17H,3,7-9H2,1-2H3,(H,18,20)/t12-/m1/s1. The van der Waals surface area contributed by atoms with Crippen LogP contribution in [0.3, 0.4) is 0 Å². The van der Waals surface area contributed by atoms with Crippen LogP contribution in [0.4, 0.5) is 4.39 Å². The van der Waals surface area contributed by atoms with Crippen LogP contribution in [-0.2, 0) is 19.6 Å². The van der Waals surface area contributed by atoms with E-state index in [4.69, 9.17) is 0 Å². The lowest BCUT2D eigenvalue weighted by Gasteiger charge is -2.15. The van der Waals surface area contributed by atoms with Crippen molar-refractivity contribution in [3.8, 4) is 0 Å². The molecule has 0 radical (unpaired) electrons. The second kappa shape index (κ2) is 7.27. The minimum Gasteiger partial charge on any atom is -0.350 e. The summed E-state index contributed by atoms with van der Waals surface area (Å²) in [6.07, 6.45) is 0.212. The summed E-state index contributed by atoms with van der Waals surface area (Å²) in [5.74, 6) is -1.09. The Kier molecular flexibility index (Phi) is 5.55. The maximum Gasteiger partial charge on any atom is 0.241 e. The Bertz CT molecular complexity index is 751. The summed E-state index contributed by atoms with van der Waals surface area (Å²) in [4.78, 5) is 25.0. The largest absolute Gasteiger partial charge is 0.350 e. The number of carbonyl (C=O) groups is 2. The van der Waals surface area contributed by atoms with E-state index in [2.05, 4.69) is 10.0 Å². The summed E-state index contributed by atoms with van der Waals surface area (Å²) in [6, 6.07) is 2.99. The molecule has 1 aliphatic rings. The van der Waals surface area contributed by atoms with Gasteiger partial charge in [0, 0.05) is 19.5 Å². The van der Waals surface area contributed by atoms with E-state index in [0.717, 1.165) is 18.2 Å². The van der Waals surface area contributed by atoms with Crippen molar-refractivity contribution in [1.29, 1.82) is 0 Å². The Labute approximate surface area is 140 Å². The number of rotatable bonds is 6. The fourth-order valence-corrected chi connectivity index (χ4v) is 3.81. The minimum absolute atomic E-state index is 0.0367. The van der Waals surface area contributed by atoms with Crippen LogP contribution in [0.15, 0.2) is 23.1 Å². The lowest BCUT2D eigenvalue weighted by Crippen LogP contribution is -2.43. The molecule has 1 heterocycles. The lowest BCUT2D eigenvalue weighted by molar-refractivity contribution is -0.127. The van der Waals surface area contributed by atoms with E-state index in [9.17, 15) is 22.4 Å². The maximum atomic E-state index is 13.1. The molecule has 2 amide bonds. The minimum atomic E-state index is -3.92. The van der Waals surface area contributed by atoms with E-state index in [1.165, 1.54) is 6.92 Å². The number of nitrogens with zero attached hydrogens (tertiary/aromatic N) is 1. The van der Waals surface area contributed by atoms with Crippen molar-refractivity contribution in [2.45, 2.75) is 31.2 Å². The van der Waals surface area contributed by atoms with Gasteiger partial charge in [-0.05, 0) is 37.6 Å². The van der Waals surface area contributed by atoms with Gasteiger partial charge in [0.25, 0.3) is 0 Å². The zero-order valence-electron chi connectivity index (χ0n) is 13.5. The first kappa shape index (κ1) is 18.3. The lowest BCUT2D eigenvalue weighted by atomic mass is 10.2. The van der Waals surface area contributed by atoms with Gasteiger partial charge in [0.05, 0.1) is 17.5 Å². The van der Waals surface area contributed by atoms with Crippen LogP contribution in [-0.4, -0.2) is 50.8 Å². The van der Waals surface area contributed by atoms with Crippen molar-refractivity contribution in [1.82, 2.24) is 14.9 Å². The van der Waals surface area contributed by atoms with Gasteiger partial charge in [-0.15, -0.1) is 0 Å². The van der Waals surface area contributed by atoms with Crippen molar-refractivity contribution >= 4 is 21.8 Å². The molecule has 9 heteroatoms. The van der Waals surface area contributed by atoms with Crippen LogP contribution < -0.4 is 10.0 Å². The number of nitrogens with one attached hydrogen (secondary N) is 2. The summed E-state index contributed by atoms with van der Waals surface area (Å²) in [5, 5.41) is 2.63. The summed E-state index contributed by atoms with van der Waals surface area (Å²) in [5.41, 5.74) is 0.253. The number of halogens is 1. The zero-order chi connectivity index (χ0) is 17.9. The fourth-order valence-electron chi connectivity index (χ4n) is 2.61. The highest BCUT2D eigenvalue weighted by Gasteiger charge is 2.29. The Morgan fingerprint density at radius 3 is 2.71 bits per heavy atom. The predicted molar refractivity (Wildman–Crippen MR) is 85.1 cm³/mol. The van der Waals surface area contributed by atoms with Gasteiger partial charge in [-0.2, -0.15) is 0 Å². The van der Waals surface area contributed by atoms with Crippen molar-refractivity contribution in [2.75, 3.05) is 19.6 Å². The van der Waals surface area contributed by atoms with Gasteiger partial charge in [0.15, 0.2) is 0 Å². The number of sulfonamides is 1. The van der Waals surface area contributed by atoms with Gasteiger partial charge in [-0.3, -0.25) is 9.59 Å². The monoisotopic (exact) mass is 357 g/mol. The molecule has 1 atom stereocenters. The summed E-state index contributed by atoms with van der Waals surface area (Å²) in [6.45, 7) is 3.87. The number of carbonyl (C=O) groups excluding carboxylic acids is 2. The number of likely N-dealkylation sites (N-methyl/N-ethyl adjacent to an activating group) is 1. The first-order valence-electron chi connectivity index (χ1n) is 7.56. The van der Waals surface area contributed by atoms with Crippen molar-refractivity contribution in [2.24, 2.45) is 0 Å². The van der Waals surface area contributed by atoms with Crippen molar-refractivity contribution in [3.05, 3.63) is 29.6 Å². The molecule has 1 saturated heterocycles. The van der Waals surface area contributed by atoms with Crippen LogP contribution >= 0.6 is 0 Å². The SMILES string of the molecule is CCN1C[C@H](NC(=O)CNS(=O)(=O)c2ccc(F)cc2C)CC1=O. The third-order valence-electron chi connectivity index (χ3n) is 3.81. The first-order chi connectivity index (χ1) is 11.2. The van der Waals surface area contributed by atoms with Crippen LogP contribution in [0.1, 0.15) is 18.9 Å². The van der Waals surface area contributed by atoms with Crippen LogP contribution in [0, 0.1) is 12.7 Å². The van der Waals surface area contributed by atoms with Crippen molar-refractivity contribution < 1.29 is 22.4 Å². The third kappa shape index (κ3) is 4.30. The highest BCUT2D eigenvalue weighted by atomic mass is 32.2. The van der Waals surface area contributed by atoms with Crippen molar-refractivity contribution in [3.63, 3.8) is 0 Å². The van der Waals surface area contributed by atoms with Gasteiger partial charge in [-0.1, -0.05) is 0 Å². The molecule has 132 valence electrons. The number of amides is 2. The Balaban J connectivity index is 1.92. The molecule has 2 N–H and O–H groups in total. The molecule has 0 aliphatic carbocycles. The zero-order valence-corrected chi connectivity index (χ0v) is 14.3. The summed E-state index contributed by atoms with van der Waals surface area (Å²) >= 11 is 0. The van der Waals surface area contributed by atoms with Gasteiger partial charge < -0.3 is 10.2 Å². The predicted octanol–water partition coefficient (Wildman–Crippen LogP) is 0.149. The number of hydrogen-bond donors (Lipinski definition) is 2. The molecule has 0 saturated carbocycles. The molecule has 1 aromatic carbocycles. The Hall–Kier alpha value is -2.00. The molecule has 24 heavy (non-hydrogen) atoms. The number of hydrogen-bond acceptors (Lipinski definition) is 4. The van der Waals surface area contributed by atoms with E-state index in [1.807, 2.05) is 6.92 Å². The summed E-state index contributed by atoms with van der Waals surface area (Å²) < 4.78 is 39.6. The van der Waals surface area contributed by atoms with E-state index in [0.29, 0.717) is 13.1 Å². The second-order valence-electron chi connectivity index (χ2n) is 5.64. The quantitative estimate of drug-likeness (QED) is 0.758. The molecule has 0 aromatic heterocycles. The van der Waals surface area contributed by atoms with Gasteiger partial charge in [-0.25, -0.2) is 17.5 Å². The molecule has 1 aliphatic heterocycles. The maximum absolute atomic E-state index is 13.1. The first-order valence-corrected chi connectivity index (χ1v) is 9.04. The molecule has 0 unspecified atom stereocenters. The number of aryl methyl sites for hydroxylation is 1. The Morgan fingerprint density at radius 2 is 2.12 bits per heavy atom. The van der Waals surface area contributed by atoms with Gasteiger partial charge in [0.1, 0.15) is 5.82 Å². The van der Waals surface area contributed by atoms with E-state index in [-0.39, 0.29) is 28.8 Å². The van der Waals surface area contributed by atoms with Gasteiger partial charge >= 0.3 is 0 Å².